The summed E-state index contributed by atoms with van der Waals surface area (Å²) in [6.07, 6.45) is 1.32. The van der Waals surface area contributed by atoms with Crippen molar-refractivity contribution in [3.05, 3.63) is 141 Å². The first-order valence-corrected chi connectivity index (χ1v) is 13.5. The van der Waals surface area contributed by atoms with Gasteiger partial charge in [0.05, 0.1) is 6.54 Å². The Morgan fingerprint density at radius 1 is 0.800 bits per heavy atom. The first-order chi connectivity index (χ1) is 19.4. The first-order valence-electron chi connectivity index (χ1n) is 12.7. The fourth-order valence-electron chi connectivity index (χ4n) is 3.93. The van der Waals surface area contributed by atoms with Crippen LogP contribution < -0.4 is 11.1 Å². The van der Waals surface area contributed by atoms with Crippen molar-refractivity contribution in [1.82, 2.24) is 5.32 Å². The molecule has 5 nitrogen and oxygen atoms in total. The van der Waals surface area contributed by atoms with E-state index in [9.17, 15) is 0 Å². The molecule has 0 atom stereocenters. The molecule has 5 aromatic rings. The average molecular weight is 570 g/mol. The highest BCUT2D eigenvalue weighted by molar-refractivity contribution is 6.30. The first kappa shape index (κ1) is 28.8. The highest BCUT2D eigenvalue weighted by Gasteiger charge is 2.09. The van der Waals surface area contributed by atoms with Gasteiger partial charge in [0.1, 0.15) is 17.4 Å². The molecule has 0 aliphatic carbocycles. The van der Waals surface area contributed by atoms with Gasteiger partial charge in [-0.05, 0) is 72.3 Å². The summed E-state index contributed by atoms with van der Waals surface area (Å²) in [4.78, 5) is 4.50. The maximum absolute atomic E-state index is 7.42. The second-order valence-electron chi connectivity index (χ2n) is 9.00. The van der Waals surface area contributed by atoms with Gasteiger partial charge in [0.15, 0.2) is 0 Å². The number of nitrogens with two attached hydrogens (primary N) is 1. The van der Waals surface area contributed by atoms with Crippen LogP contribution in [0.3, 0.4) is 0 Å². The maximum Gasteiger partial charge on any atom is 0.134 e. The smallest absolute Gasteiger partial charge is 0.134 e. The van der Waals surface area contributed by atoms with Crippen LogP contribution in [-0.4, -0.2) is 19.1 Å². The highest BCUT2D eigenvalue weighted by Crippen LogP contribution is 2.29. The molecular formula is C33H30Cl2N4O. The summed E-state index contributed by atoms with van der Waals surface area (Å²) in [5, 5.41) is 12.0. The largest absolute Gasteiger partial charge is 0.456 e. The van der Waals surface area contributed by atoms with Crippen molar-refractivity contribution < 1.29 is 4.42 Å². The van der Waals surface area contributed by atoms with Crippen LogP contribution in [0.2, 0.25) is 10.0 Å². The van der Waals surface area contributed by atoms with Crippen molar-refractivity contribution in [3.63, 3.8) is 0 Å². The van der Waals surface area contributed by atoms with Gasteiger partial charge in [-0.15, -0.1) is 0 Å². The van der Waals surface area contributed by atoms with Crippen LogP contribution in [0, 0.1) is 5.41 Å². The molecule has 0 bridgehead atoms. The van der Waals surface area contributed by atoms with Crippen molar-refractivity contribution in [2.24, 2.45) is 10.7 Å². The van der Waals surface area contributed by atoms with Gasteiger partial charge in [0, 0.05) is 39.5 Å². The highest BCUT2D eigenvalue weighted by atomic mass is 35.5. The number of rotatable bonds is 8. The Balaban J connectivity index is 0.000000312. The van der Waals surface area contributed by atoms with E-state index in [0.717, 1.165) is 50.9 Å². The van der Waals surface area contributed by atoms with Gasteiger partial charge in [-0.25, -0.2) is 0 Å². The Hall–Kier alpha value is -4.16. The fraction of sp³-hybridized carbons (Fsp3) is 0.0909. The molecule has 4 aromatic carbocycles. The molecule has 0 fully saturated rings. The minimum absolute atomic E-state index is 0.470. The van der Waals surface area contributed by atoms with E-state index in [2.05, 4.69) is 10.3 Å². The summed E-state index contributed by atoms with van der Waals surface area (Å²) >= 11 is 11.6. The van der Waals surface area contributed by atoms with E-state index in [1.54, 1.807) is 0 Å². The number of nitrogens with one attached hydrogen (secondary N) is 2. The van der Waals surface area contributed by atoms with Crippen LogP contribution in [0.4, 0.5) is 0 Å². The Bertz CT molecular complexity index is 1580. The molecule has 0 amide bonds. The predicted octanol–water partition coefficient (Wildman–Crippen LogP) is 8.23. The van der Waals surface area contributed by atoms with E-state index in [4.69, 9.17) is 38.8 Å². The van der Waals surface area contributed by atoms with E-state index in [0.29, 0.717) is 17.4 Å². The zero-order valence-electron chi connectivity index (χ0n) is 22.1. The topological polar surface area (TPSA) is 87.4 Å². The van der Waals surface area contributed by atoms with Crippen molar-refractivity contribution in [1.29, 1.82) is 5.41 Å². The third-order valence-electron chi connectivity index (χ3n) is 6.03. The normalized spacial score (nSPS) is 11.0. The third kappa shape index (κ3) is 8.17. The minimum atomic E-state index is 0.470. The monoisotopic (exact) mass is 568 g/mol. The SMILES string of the molecule is CNCc1ccc(Cl)cc1.N=Cc1cccc(-c2ccc(-c3cccc(C(N)=NCc4ccc(Cl)cc4)c3)o2)c1. The van der Waals surface area contributed by atoms with Gasteiger partial charge in [-0.3, -0.25) is 4.99 Å². The standard InChI is InChI=1S/C25H20ClN3O.C8H10ClN/c26-22-9-7-17(8-10-22)16-29-25(28)21-6-2-5-20(14-21)24-12-11-23(30-24)19-4-1-3-18(13-19)15-27;1-10-6-7-2-4-8(9)5-3-7/h1-15,27H,16H2,(H2,28,29);2-5,10H,6H2,1H3. The average Bonchev–Trinajstić information content (AvgIpc) is 3.49. The molecule has 0 unspecified atom stereocenters. The molecule has 0 aliphatic rings. The minimum Gasteiger partial charge on any atom is -0.456 e. The number of furan rings is 1. The molecule has 0 saturated carbocycles. The molecule has 0 radical (unpaired) electrons. The Kier molecular flexibility index (Phi) is 10.3. The van der Waals surface area contributed by atoms with Crippen LogP contribution in [-0.2, 0) is 13.1 Å². The maximum atomic E-state index is 7.42. The van der Waals surface area contributed by atoms with Gasteiger partial charge in [-0.2, -0.15) is 0 Å². The van der Waals surface area contributed by atoms with E-state index < -0.39 is 0 Å². The molecule has 0 aliphatic heterocycles. The number of hydrogen-bond donors (Lipinski definition) is 3. The fourth-order valence-corrected chi connectivity index (χ4v) is 4.18. The van der Waals surface area contributed by atoms with E-state index >= 15 is 0 Å². The molecule has 0 saturated heterocycles. The molecular weight excluding hydrogens is 539 g/mol. The lowest BCUT2D eigenvalue weighted by atomic mass is 10.1. The molecule has 7 heteroatoms. The van der Waals surface area contributed by atoms with Crippen LogP contribution in [0.15, 0.2) is 119 Å². The zero-order chi connectivity index (χ0) is 28.3. The predicted molar refractivity (Wildman–Crippen MR) is 168 cm³/mol. The summed E-state index contributed by atoms with van der Waals surface area (Å²) in [5.41, 5.74) is 12.0. The summed E-state index contributed by atoms with van der Waals surface area (Å²) in [7, 11) is 1.93. The summed E-state index contributed by atoms with van der Waals surface area (Å²) in [6, 6.07) is 34.8. The lowest BCUT2D eigenvalue weighted by Gasteiger charge is -2.05. The summed E-state index contributed by atoms with van der Waals surface area (Å²) < 4.78 is 6.06. The Labute approximate surface area is 244 Å². The molecule has 0 spiro atoms. The molecule has 202 valence electrons. The Morgan fingerprint density at radius 3 is 1.98 bits per heavy atom. The summed E-state index contributed by atoms with van der Waals surface area (Å²) in [5.74, 6) is 1.97. The van der Waals surface area contributed by atoms with Crippen molar-refractivity contribution >= 4 is 35.3 Å². The lowest BCUT2D eigenvalue weighted by Crippen LogP contribution is -2.13. The number of benzene rings is 4. The number of halogens is 2. The number of hydrogen-bond acceptors (Lipinski definition) is 4. The van der Waals surface area contributed by atoms with Crippen LogP contribution >= 0.6 is 23.2 Å². The van der Waals surface area contributed by atoms with Crippen LogP contribution in [0.25, 0.3) is 22.6 Å². The van der Waals surface area contributed by atoms with Gasteiger partial charge < -0.3 is 20.9 Å². The molecule has 5 rings (SSSR count). The molecule has 1 aromatic heterocycles. The van der Waals surface area contributed by atoms with Crippen molar-refractivity contribution in [2.75, 3.05) is 7.05 Å². The van der Waals surface area contributed by atoms with Crippen LogP contribution in [0.5, 0.6) is 0 Å². The van der Waals surface area contributed by atoms with E-state index in [1.807, 2.05) is 116 Å². The Morgan fingerprint density at radius 2 is 1.38 bits per heavy atom. The second kappa shape index (κ2) is 14.3. The molecule has 1 heterocycles. The van der Waals surface area contributed by atoms with Crippen molar-refractivity contribution in [3.8, 4) is 22.6 Å². The zero-order valence-corrected chi connectivity index (χ0v) is 23.6. The van der Waals surface area contributed by atoms with Gasteiger partial charge in [-0.1, -0.05) is 83.9 Å². The third-order valence-corrected chi connectivity index (χ3v) is 6.53. The summed E-state index contributed by atoms with van der Waals surface area (Å²) in [6.45, 7) is 1.39. The number of amidine groups is 1. The quantitative estimate of drug-likeness (QED) is 0.130. The lowest BCUT2D eigenvalue weighted by molar-refractivity contribution is 0.597. The molecule has 4 N–H and O–H groups in total. The number of nitrogens with zero attached hydrogens (tertiary/aromatic N) is 1. The molecule has 40 heavy (non-hydrogen) atoms. The van der Waals surface area contributed by atoms with Crippen molar-refractivity contribution in [2.45, 2.75) is 13.1 Å². The van der Waals surface area contributed by atoms with Gasteiger partial charge >= 0.3 is 0 Å². The van der Waals surface area contributed by atoms with Gasteiger partial charge in [0.25, 0.3) is 0 Å². The number of aliphatic imine (C=N–C) groups is 1. The van der Waals surface area contributed by atoms with Crippen LogP contribution in [0.1, 0.15) is 22.3 Å². The van der Waals surface area contributed by atoms with Gasteiger partial charge in [0.2, 0.25) is 0 Å². The van der Waals surface area contributed by atoms with E-state index in [1.165, 1.54) is 11.8 Å². The van der Waals surface area contributed by atoms with E-state index in [-0.39, 0.29) is 0 Å². The second-order valence-corrected chi connectivity index (χ2v) is 9.87.